The van der Waals surface area contributed by atoms with Crippen LogP contribution in [0.2, 0.25) is 0 Å². The first-order chi connectivity index (χ1) is 7.47. The number of aliphatic carboxylic acids is 1. The minimum atomic E-state index is -0.725. The summed E-state index contributed by atoms with van der Waals surface area (Å²) < 4.78 is 5.55. The van der Waals surface area contributed by atoms with Crippen molar-refractivity contribution in [2.45, 2.75) is 58.2 Å². The third-order valence-corrected chi connectivity index (χ3v) is 3.73. The molecule has 1 heterocycles. The molecule has 0 aliphatic carbocycles. The Hall–Kier alpha value is -0.610. The lowest BCUT2D eigenvalue weighted by atomic mass is 9.88. The highest BCUT2D eigenvalue weighted by atomic mass is 16.5. The second-order valence-electron chi connectivity index (χ2n) is 4.69. The molecular formula is C12H23NO3. The molecule has 0 aromatic rings. The van der Waals surface area contributed by atoms with Crippen LogP contribution in [-0.2, 0) is 9.53 Å². The lowest BCUT2D eigenvalue weighted by Gasteiger charge is -2.47. The summed E-state index contributed by atoms with van der Waals surface area (Å²) in [5, 5.41) is 9.50. The quantitative estimate of drug-likeness (QED) is 0.797. The molecular weight excluding hydrogens is 206 g/mol. The lowest BCUT2D eigenvalue weighted by molar-refractivity contribution is -0.163. The van der Waals surface area contributed by atoms with E-state index in [2.05, 4.69) is 4.90 Å². The van der Waals surface area contributed by atoms with Crippen molar-refractivity contribution >= 4 is 5.97 Å². The highest BCUT2D eigenvalue weighted by Crippen LogP contribution is 2.29. The zero-order valence-electron chi connectivity index (χ0n) is 10.7. The zero-order chi connectivity index (χ0) is 12.3. The molecule has 0 aromatic carbocycles. The van der Waals surface area contributed by atoms with E-state index in [1.807, 2.05) is 27.7 Å². The van der Waals surface area contributed by atoms with Gasteiger partial charge in [0.2, 0.25) is 0 Å². The Kier molecular flexibility index (Phi) is 4.33. The molecule has 1 N–H and O–H groups in total. The first-order valence-electron chi connectivity index (χ1n) is 6.09. The van der Waals surface area contributed by atoms with Crippen molar-refractivity contribution in [1.82, 2.24) is 4.90 Å². The maximum Gasteiger partial charge on any atom is 0.324 e. The number of carbonyl (C=O) groups is 1. The Labute approximate surface area is 97.6 Å². The molecule has 4 nitrogen and oxygen atoms in total. The van der Waals surface area contributed by atoms with Crippen LogP contribution in [0, 0.1) is 0 Å². The summed E-state index contributed by atoms with van der Waals surface area (Å²) in [6, 6.07) is 0.173. The van der Waals surface area contributed by atoms with Crippen LogP contribution in [0.3, 0.4) is 0 Å². The molecule has 1 rings (SSSR count). The first-order valence-corrected chi connectivity index (χ1v) is 6.09. The number of morpholine rings is 1. The van der Waals surface area contributed by atoms with Crippen LogP contribution in [0.4, 0.5) is 0 Å². The van der Waals surface area contributed by atoms with E-state index in [9.17, 15) is 9.90 Å². The van der Waals surface area contributed by atoms with E-state index in [0.29, 0.717) is 26.0 Å². The molecule has 2 unspecified atom stereocenters. The van der Waals surface area contributed by atoms with Gasteiger partial charge >= 0.3 is 5.97 Å². The van der Waals surface area contributed by atoms with E-state index >= 15 is 0 Å². The number of rotatable bonds is 4. The lowest BCUT2D eigenvalue weighted by Crippen LogP contribution is -2.62. The molecule has 1 saturated heterocycles. The highest BCUT2D eigenvalue weighted by molar-refractivity contribution is 5.78. The van der Waals surface area contributed by atoms with Gasteiger partial charge in [0, 0.05) is 12.6 Å². The first kappa shape index (κ1) is 13.5. The fraction of sp³-hybridized carbons (Fsp3) is 0.917. The number of hydrogen-bond acceptors (Lipinski definition) is 3. The van der Waals surface area contributed by atoms with Crippen molar-refractivity contribution in [2.24, 2.45) is 0 Å². The largest absolute Gasteiger partial charge is 0.480 e. The Morgan fingerprint density at radius 2 is 2.00 bits per heavy atom. The van der Waals surface area contributed by atoms with Gasteiger partial charge in [-0.1, -0.05) is 13.8 Å². The molecule has 0 amide bonds. The predicted octanol–water partition coefficient (Wildman–Crippen LogP) is 1.74. The summed E-state index contributed by atoms with van der Waals surface area (Å²) in [5.41, 5.74) is -0.725. The SMILES string of the molecule is CCC(CC)(C(=O)O)N1CC(C)OCC1C. The van der Waals surface area contributed by atoms with Crippen LogP contribution in [-0.4, -0.2) is 46.8 Å². The molecule has 0 spiro atoms. The van der Waals surface area contributed by atoms with E-state index in [-0.39, 0.29) is 12.1 Å². The van der Waals surface area contributed by atoms with Gasteiger partial charge in [-0.2, -0.15) is 0 Å². The standard InChI is InChI=1S/C12H23NO3/c1-5-12(6-2,11(14)15)13-7-10(4)16-8-9(13)3/h9-10H,5-8H2,1-4H3,(H,14,15). The topological polar surface area (TPSA) is 49.8 Å². The van der Waals surface area contributed by atoms with Crippen LogP contribution in [0.25, 0.3) is 0 Å². The van der Waals surface area contributed by atoms with Crippen LogP contribution >= 0.6 is 0 Å². The highest BCUT2D eigenvalue weighted by Gasteiger charge is 2.45. The number of carboxylic acids is 1. The third kappa shape index (κ3) is 2.23. The van der Waals surface area contributed by atoms with Crippen molar-refractivity contribution in [3.05, 3.63) is 0 Å². The minimum absolute atomic E-state index is 0.119. The summed E-state index contributed by atoms with van der Waals surface area (Å²) >= 11 is 0. The third-order valence-electron chi connectivity index (χ3n) is 3.73. The molecule has 1 aliphatic heterocycles. The molecule has 0 bridgehead atoms. The number of carboxylic acid groups (broad SMARTS) is 1. The van der Waals surface area contributed by atoms with E-state index in [1.54, 1.807) is 0 Å². The van der Waals surface area contributed by atoms with Crippen LogP contribution < -0.4 is 0 Å². The van der Waals surface area contributed by atoms with E-state index < -0.39 is 11.5 Å². The average molecular weight is 229 g/mol. The van der Waals surface area contributed by atoms with Gasteiger partial charge in [-0.3, -0.25) is 9.69 Å². The molecule has 1 aliphatic rings. The van der Waals surface area contributed by atoms with Gasteiger partial charge < -0.3 is 9.84 Å². The van der Waals surface area contributed by atoms with Crippen LogP contribution in [0.5, 0.6) is 0 Å². The zero-order valence-corrected chi connectivity index (χ0v) is 10.7. The summed E-state index contributed by atoms with van der Waals surface area (Å²) in [4.78, 5) is 13.7. The molecule has 2 atom stereocenters. The second kappa shape index (κ2) is 5.15. The van der Waals surface area contributed by atoms with Gasteiger partial charge in [-0.25, -0.2) is 0 Å². The maximum absolute atomic E-state index is 11.6. The molecule has 0 aromatic heterocycles. The summed E-state index contributed by atoms with van der Waals surface area (Å²) in [7, 11) is 0. The van der Waals surface area contributed by atoms with Gasteiger partial charge in [-0.15, -0.1) is 0 Å². The summed E-state index contributed by atoms with van der Waals surface area (Å²) in [6.45, 7) is 9.26. The van der Waals surface area contributed by atoms with Gasteiger partial charge in [0.25, 0.3) is 0 Å². The van der Waals surface area contributed by atoms with Crippen molar-refractivity contribution in [2.75, 3.05) is 13.2 Å². The van der Waals surface area contributed by atoms with Crippen LogP contribution in [0.1, 0.15) is 40.5 Å². The Morgan fingerprint density at radius 1 is 1.44 bits per heavy atom. The maximum atomic E-state index is 11.6. The monoisotopic (exact) mass is 229 g/mol. The van der Waals surface area contributed by atoms with E-state index in [0.717, 1.165) is 0 Å². The predicted molar refractivity (Wildman–Crippen MR) is 62.5 cm³/mol. The summed E-state index contributed by atoms with van der Waals surface area (Å²) in [6.07, 6.45) is 1.39. The van der Waals surface area contributed by atoms with Crippen LogP contribution in [0.15, 0.2) is 0 Å². The average Bonchev–Trinajstić information content (AvgIpc) is 2.25. The molecule has 94 valence electrons. The van der Waals surface area contributed by atoms with Crippen molar-refractivity contribution in [3.8, 4) is 0 Å². The Bertz CT molecular complexity index is 251. The molecule has 4 heteroatoms. The number of ether oxygens (including phenoxy) is 1. The fourth-order valence-corrected chi connectivity index (χ4v) is 2.58. The normalized spacial score (nSPS) is 28.0. The van der Waals surface area contributed by atoms with Crippen molar-refractivity contribution < 1.29 is 14.6 Å². The minimum Gasteiger partial charge on any atom is -0.480 e. The van der Waals surface area contributed by atoms with Gasteiger partial charge in [0.15, 0.2) is 0 Å². The van der Waals surface area contributed by atoms with Crippen molar-refractivity contribution in [3.63, 3.8) is 0 Å². The molecule has 16 heavy (non-hydrogen) atoms. The van der Waals surface area contributed by atoms with E-state index in [1.165, 1.54) is 0 Å². The van der Waals surface area contributed by atoms with E-state index in [4.69, 9.17) is 4.74 Å². The number of hydrogen-bond donors (Lipinski definition) is 1. The molecule has 0 saturated carbocycles. The van der Waals surface area contributed by atoms with Crippen molar-refractivity contribution in [1.29, 1.82) is 0 Å². The molecule has 1 fully saturated rings. The smallest absolute Gasteiger partial charge is 0.324 e. The fourth-order valence-electron chi connectivity index (χ4n) is 2.58. The van der Waals surface area contributed by atoms with Gasteiger partial charge in [0.1, 0.15) is 5.54 Å². The Morgan fingerprint density at radius 3 is 2.44 bits per heavy atom. The summed E-state index contributed by atoms with van der Waals surface area (Å²) in [5.74, 6) is -0.710. The van der Waals surface area contributed by atoms with Gasteiger partial charge in [-0.05, 0) is 26.7 Å². The second-order valence-corrected chi connectivity index (χ2v) is 4.69. The van der Waals surface area contributed by atoms with Gasteiger partial charge in [0.05, 0.1) is 12.7 Å². The number of nitrogens with zero attached hydrogens (tertiary/aromatic N) is 1. The molecule has 0 radical (unpaired) electrons. The Balaban J connectivity index is 2.96.